The molecule has 28 heavy (non-hydrogen) atoms. The lowest BCUT2D eigenvalue weighted by molar-refractivity contribution is -0.121. The van der Waals surface area contributed by atoms with E-state index in [-0.39, 0.29) is 26.2 Å². The van der Waals surface area contributed by atoms with Crippen molar-refractivity contribution in [2.24, 2.45) is 22.9 Å². The van der Waals surface area contributed by atoms with Crippen LogP contribution in [0.2, 0.25) is 0 Å². The molecule has 0 spiro atoms. The highest BCUT2D eigenvalue weighted by Crippen LogP contribution is 2.01. The van der Waals surface area contributed by atoms with Crippen LogP contribution in [0, 0.1) is 0 Å². The molecule has 1 rings (SSSR count). The molecule has 0 fully saturated rings. The Hall–Kier alpha value is -2.86. The van der Waals surface area contributed by atoms with Gasteiger partial charge in [0.05, 0.1) is 26.2 Å². The van der Waals surface area contributed by atoms with Gasteiger partial charge in [0.25, 0.3) is 0 Å². The zero-order valence-electron chi connectivity index (χ0n) is 16.0. The maximum atomic E-state index is 11.3. The predicted molar refractivity (Wildman–Crippen MR) is 102 cm³/mol. The minimum Gasteiger partial charge on any atom is -0.369 e. The molecule has 0 saturated carbocycles. The summed E-state index contributed by atoms with van der Waals surface area (Å²) >= 11 is 0. The van der Waals surface area contributed by atoms with E-state index in [1.165, 1.54) is 0 Å². The van der Waals surface area contributed by atoms with Crippen LogP contribution < -0.4 is 22.9 Å². The number of amides is 4. The molecule has 12 heteroatoms. The third kappa shape index (κ3) is 10.3. The minimum atomic E-state index is -0.507. The summed E-state index contributed by atoms with van der Waals surface area (Å²) in [7, 11) is 0. The summed E-state index contributed by atoms with van der Waals surface area (Å²) in [5.41, 5.74) is 21.2. The molecule has 0 aromatic heterocycles. The summed E-state index contributed by atoms with van der Waals surface area (Å²) in [6.07, 6.45) is 3.30. The predicted octanol–water partition coefficient (Wildman–Crippen LogP) is -4.38. The number of hydrogen-bond acceptors (Lipinski definition) is 8. The molecule has 8 N–H and O–H groups in total. The van der Waals surface area contributed by atoms with Crippen LogP contribution in [-0.4, -0.2) is 109 Å². The standard InChI is InChI=1S/C16H30N8O4/c17-13(25)9-21-1-2-22(10-14(18)26)5-6-24(12-16(20)28)8-7-23(4-3-21)11-15(19)27/h1-2H,3-12H2,(H2,17,25)(H2,18,26)(H2,19,27)(H2,20,28)/b2-1-. The number of hydrogen-bond donors (Lipinski definition) is 4. The maximum Gasteiger partial charge on any atom is 0.236 e. The summed E-state index contributed by atoms with van der Waals surface area (Å²) < 4.78 is 0. The van der Waals surface area contributed by atoms with E-state index < -0.39 is 23.6 Å². The number of carbonyl (C=O) groups excluding carboxylic acids is 4. The molecular formula is C16H30N8O4. The van der Waals surface area contributed by atoms with Crippen LogP contribution in [0.1, 0.15) is 0 Å². The Bertz CT molecular complexity index is 547. The second kappa shape index (κ2) is 11.8. The second-order valence-electron chi connectivity index (χ2n) is 6.66. The second-order valence-corrected chi connectivity index (χ2v) is 6.66. The van der Waals surface area contributed by atoms with Gasteiger partial charge in [-0.2, -0.15) is 0 Å². The van der Waals surface area contributed by atoms with Crippen molar-refractivity contribution < 1.29 is 19.2 Å². The van der Waals surface area contributed by atoms with E-state index in [2.05, 4.69) is 0 Å². The van der Waals surface area contributed by atoms with E-state index in [0.29, 0.717) is 39.3 Å². The number of nitrogens with two attached hydrogens (primary N) is 4. The molecule has 0 saturated heterocycles. The summed E-state index contributed by atoms with van der Waals surface area (Å²) in [4.78, 5) is 52.4. The molecule has 1 heterocycles. The molecule has 4 amide bonds. The normalized spacial score (nSPS) is 18.7. The van der Waals surface area contributed by atoms with E-state index >= 15 is 0 Å². The van der Waals surface area contributed by atoms with Crippen LogP contribution in [0.3, 0.4) is 0 Å². The third-order valence-electron chi connectivity index (χ3n) is 4.10. The van der Waals surface area contributed by atoms with Gasteiger partial charge in [-0.05, 0) is 0 Å². The van der Waals surface area contributed by atoms with Crippen LogP contribution in [0.15, 0.2) is 12.4 Å². The Kier molecular flexibility index (Phi) is 9.74. The lowest BCUT2D eigenvalue weighted by Crippen LogP contribution is -2.47. The Labute approximate surface area is 164 Å². The van der Waals surface area contributed by atoms with E-state index in [1.807, 2.05) is 9.80 Å². The zero-order valence-corrected chi connectivity index (χ0v) is 16.0. The topological polar surface area (TPSA) is 185 Å². The number of carbonyl (C=O) groups is 4. The average molecular weight is 398 g/mol. The lowest BCUT2D eigenvalue weighted by atomic mass is 10.3. The fraction of sp³-hybridized carbons (Fsp3) is 0.625. The summed E-state index contributed by atoms with van der Waals surface area (Å²) in [6.45, 7) is 2.72. The maximum absolute atomic E-state index is 11.3. The molecule has 12 nitrogen and oxygen atoms in total. The first-order valence-electron chi connectivity index (χ1n) is 8.90. The monoisotopic (exact) mass is 398 g/mol. The minimum absolute atomic E-state index is 0.0148. The van der Waals surface area contributed by atoms with Gasteiger partial charge in [-0.1, -0.05) is 0 Å². The molecular weight excluding hydrogens is 368 g/mol. The molecule has 0 aromatic carbocycles. The van der Waals surface area contributed by atoms with Crippen LogP contribution >= 0.6 is 0 Å². The number of rotatable bonds is 8. The van der Waals surface area contributed by atoms with Gasteiger partial charge in [-0.15, -0.1) is 0 Å². The Morgan fingerprint density at radius 2 is 0.821 bits per heavy atom. The highest BCUT2D eigenvalue weighted by Gasteiger charge is 2.17. The van der Waals surface area contributed by atoms with Gasteiger partial charge < -0.3 is 32.7 Å². The first-order valence-corrected chi connectivity index (χ1v) is 8.90. The van der Waals surface area contributed by atoms with Crippen molar-refractivity contribution in [1.29, 1.82) is 0 Å². The zero-order chi connectivity index (χ0) is 21.1. The quantitative estimate of drug-likeness (QED) is 0.316. The molecule has 158 valence electrons. The molecule has 0 radical (unpaired) electrons. The summed E-state index contributed by atoms with van der Waals surface area (Å²) in [5, 5.41) is 0. The lowest BCUT2D eigenvalue weighted by Gasteiger charge is -2.31. The first-order chi connectivity index (χ1) is 13.2. The molecule has 0 unspecified atom stereocenters. The van der Waals surface area contributed by atoms with Gasteiger partial charge in [-0.25, -0.2) is 0 Å². The van der Waals surface area contributed by atoms with Crippen molar-refractivity contribution in [2.45, 2.75) is 0 Å². The first kappa shape index (κ1) is 23.2. The van der Waals surface area contributed by atoms with Gasteiger partial charge in [-0.3, -0.25) is 29.0 Å². The molecule has 0 atom stereocenters. The smallest absolute Gasteiger partial charge is 0.236 e. The van der Waals surface area contributed by atoms with E-state index in [0.717, 1.165) is 0 Å². The molecule has 0 aromatic rings. The van der Waals surface area contributed by atoms with E-state index in [9.17, 15) is 19.2 Å². The van der Waals surface area contributed by atoms with Crippen molar-refractivity contribution in [3.63, 3.8) is 0 Å². The van der Waals surface area contributed by atoms with Crippen molar-refractivity contribution in [1.82, 2.24) is 19.6 Å². The van der Waals surface area contributed by atoms with Crippen molar-refractivity contribution >= 4 is 23.6 Å². The largest absolute Gasteiger partial charge is 0.369 e. The molecule has 0 aliphatic carbocycles. The third-order valence-corrected chi connectivity index (χ3v) is 4.10. The Morgan fingerprint density at radius 1 is 0.536 bits per heavy atom. The van der Waals surface area contributed by atoms with Crippen LogP contribution in [0.25, 0.3) is 0 Å². The molecule has 1 aliphatic heterocycles. The fourth-order valence-corrected chi connectivity index (χ4v) is 2.80. The Balaban J connectivity index is 3.00. The summed E-state index contributed by atoms with van der Waals surface area (Å²) in [6, 6.07) is 0. The number of primary amides is 4. The highest BCUT2D eigenvalue weighted by molar-refractivity contribution is 5.77. The highest BCUT2D eigenvalue weighted by atomic mass is 16.2. The van der Waals surface area contributed by atoms with Gasteiger partial charge in [0.15, 0.2) is 0 Å². The van der Waals surface area contributed by atoms with E-state index in [1.54, 1.807) is 22.2 Å². The van der Waals surface area contributed by atoms with Gasteiger partial charge >= 0.3 is 0 Å². The van der Waals surface area contributed by atoms with Crippen molar-refractivity contribution in [3.8, 4) is 0 Å². The van der Waals surface area contributed by atoms with E-state index in [4.69, 9.17) is 22.9 Å². The van der Waals surface area contributed by atoms with Crippen LogP contribution in [0.4, 0.5) is 0 Å². The summed E-state index contributed by atoms with van der Waals surface area (Å²) in [5.74, 6) is -1.96. The Morgan fingerprint density at radius 3 is 1.11 bits per heavy atom. The van der Waals surface area contributed by atoms with Gasteiger partial charge in [0, 0.05) is 51.7 Å². The average Bonchev–Trinajstić information content (AvgIpc) is 2.55. The van der Waals surface area contributed by atoms with Crippen molar-refractivity contribution in [3.05, 3.63) is 12.4 Å². The van der Waals surface area contributed by atoms with Crippen molar-refractivity contribution in [2.75, 3.05) is 65.4 Å². The molecule has 0 bridgehead atoms. The molecule has 1 aliphatic rings. The van der Waals surface area contributed by atoms with Gasteiger partial charge in [0.1, 0.15) is 0 Å². The van der Waals surface area contributed by atoms with Gasteiger partial charge in [0.2, 0.25) is 23.6 Å². The number of nitrogens with zero attached hydrogens (tertiary/aromatic N) is 4. The SMILES string of the molecule is NC(=O)CN1/C=C\N(CC(N)=O)CCN(CC(N)=O)CCN(CC(N)=O)CC1. The van der Waals surface area contributed by atoms with Crippen LogP contribution in [0.5, 0.6) is 0 Å². The fourth-order valence-electron chi connectivity index (χ4n) is 2.80. The van der Waals surface area contributed by atoms with Crippen LogP contribution in [-0.2, 0) is 19.2 Å².